The second-order valence-corrected chi connectivity index (χ2v) is 9.40. The zero-order valence-corrected chi connectivity index (χ0v) is 19.6. The highest BCUT2D eigenvalue weighted by Gasteiger charge is 2.21. The van der Waals surface area contributed by atoms with Gasteiger partial charge in [-0.2, -0.15) is 0 Å². The van der Waals surface area contributed by atoms with E-state index in [1.807, 2.05) is 36.4 Å². The molecule has 1 amide bonds. The Kier molecular flexibility index (Phi) is 6.07. The molecule has 1 aliphatic heterocycles. The van der Waals surface area contributed by atoms with E-state index in [0.29, 0.717) is 30.3 Å². The normalized spacial score (nSPS) is 15.1. The summed E-state index contributed by atoms with van der Waals surface area (Å²) in [4.78, 5) is 15.7. The van der Waals surface area contributed by atoms with Gasteiger partial charge >= 0.3 is 0 Å². The van der Waals surface area contributed by atoms with Crippen molar-refractivity contribution in [2.24, 2.45) is 11.7 Å². The van der Waals surface area contributed by atoms with Crippen molar-refractivity contribution in [3.8, 4) is 0 Å². The lowest BCUT2D eigenvalue weighted by Gasteiger charge is -2.29. The Morgan fingerprint density at radius 2 is 1.79 bits per heavy atom. The number of carbonyl (C=O) groups is 1. The van der Waals surface area contributed by atoms with Crippen molar-refractivity contribution in [1.82, 2.24) is 14.8 Å². The summed E-state index contributed by atoms with van der Waals surface area (Å²) in [7, 11) is 2.15. The van der Waals surface area contributed by atoms with Crippen LogP contribution in [0.25, 0.3) is 21.7 Å². The number of rotatable bonds is 6. The second-order valence-electron chi connectivity index (χ2n) is 9.40. The molecule has 1 aliphatic rings. The molecular formula is C28H31N5O. The van der Waals surface area contributed by atoms with Crippen molar-refractivity contribution >= 4 is 33.4 Å². The van der Waals surface area contributed by atoms with E-state index in [1.54, 1.807) is 0 Å². The van der Waals surface area contributed by atoms with Gasteiger partial charge < -0.3 is 20.5 Å². The molecule has 34 heavy (non-hydrogen) atoms. The largest absolute Gasteiger partial charge is 0.384 e. The zero-order chi connectivity index (χ0) is 23.7. The van der Waals surface area contributed by atoms with Crippen LogP contribution in [0, 0.1) is 11.3 Å². The van der Waals surface area contributed by atoms with Gasteiger partial charge in [0.1, 0.15) is 11.5 Å². The van der Waals surface area contributed by atoms with Gasteiger partial charge in [-0.15, -0.1) is 0 Å². The average molecular weight is 454 g/mol. The predicted octanol–water partition coefficient (Wildman–Crippen LogP) is 4.20. The van der Waals surface area contributed by atoms with Crippen LogP contribution in [0.15, 0.2) is 66.7 Å². The second kappa shape index (κ2) is 9.31. The molecule has 4 aromatic rings. The van der Waals surface area contributed by atoms with Gasteiger partial charge in [0, 0.05) is 29.6 Å². The number of aromatic nitrogens is 1. The minimum Gasteiger partial charge on any atom is -0.384 e. The average Bonchev–Trinajstić information content (AvgIpc) is 3.21. The molecule has 4 N–H and O–H groups in total. The van der Waals surface area contributed by atoms with Crippen molar-refractivity contribution in [3.05, 3.63) is 83.6 Å². The fraction of sp³-hybridized carbons (Fsp3) is 0.286. The van der Waals surface area contributed by atoms with Crippen LogP contribution in [0.4, 0.5) is 0 Å². The number of hydrogen-bond acceptors (Lipinski definition) is 3. The number of benzene rings is 3. The van der Waals surface area contributed by atoms with Crippen molar-refractivity contribution in [2.75, 3.05) is 26.7 Å². The third kappa shape index (κ3) is 4.41. The predicted molar refractivity (Wildman–Crippen MR) is 139 cm³/mol. The topological polar surface area (TPSA) is 87.1 Å². The summed E-state index contributed by atoms with van der Waals surface area (Å²) in [6.45, 7) is 3.41. The van der Waals surface area contributed by atoms with Crippen molar-refractivity contribution < 1.29 is 4.79 Å². The number of nitrogens with one attached hydrogen (secondary N) is 2. The van der Waals surface area contributed by atoms with E-state index < -0.39 is 0 Å². The van der Waals surface area contributed by atoms with Crippen molar-refractivity contribution in [2.45, 2.75) is 19.4 Å². The van der Waals surface area contributed by atoms with Crippen molar-refractivity contribution in [1.29, 1.82) is 5.41 Å². The number of nitrogens with zero attached hydrogens (tertiary/aromatic N) is 2. The Hall–Kier alpha value is -3.64. The monoisotopic (exact) mass is 453 g/mol. The summed E-state index contributed by atoms with van der Waals surface area (Å²) >= 11 is 0. The number of likely N-dealkylation sites (tertiary alicyclic amines) is 1. The van der Waals surface area contributed by atoms with Crippen LogP contribution in [0.2, 0.25) is 0 Å². The highest BCUT2D eigenvalue weighted by atomic mass is 16.1. The number of nitrogens with two attached hydrogens (primary N) is 1. The van der Waals surface area contributed by atoms with Crippen LogP contribution in [-0.2, 0) is 6.54 Å². The molecule has 3 aromatic carbocycles. The van der Waals surface area contributed by atoms with E-state index in [9.17, 15) is 4.79 Å². The van der Waals surface area contributed by atoms with Crippen LogP contribution >= 0.6 is 0 Å². The van der Waals surface area contributed by atoms with Gasteiger partial charge in [0.2, 0.25) is 0 Å². The Bertz CT molecular complexity index is 1360. The van der Waals surface area contributed by atoms with Gasteiger partial charge in [-0.25, -0.2) is 0 Å². The Labute approximate surface area is 199 Å². The molecule has 0 unspecified atom stereocenters. The number of fused-ring (bicyclic) bond motifs is 2. The lowest BCUT2D eigenvalue weighted by atomic mass is 9.97. The standard InChI is InChI=1S/C28H31N5O/c1-32-13-11-19(12-14-32)17-31-28(34)26-15-21-9-10-22(27(29)30)16-25(21)33(26)18-23-7-4-6-20-5-2-3-8-24(20)23/h2-10,15-16,19H,11-14,17-18H2,1H3,(H3,29,30)(H,31,34). The summed E-state index contributed by atoms with van der Waals surface area (Å²) in [6.07, 6.45) is 2.22. The molecule has 2 heterocycles. The van der Waals surface area contributed by atoms with E-state index in [2.05, 4.69) is 52.2 Å². The summed E-state index contributed by atoms with van der Waals surface area (Å²) in [5, 5.41) is 14.4. The van der Waals surface area contributed by atoms with Gasteiger partial charge in [0.25, 0.3) is 5.91 Å². The lowest BCUT2D eigenvalue weighted by Crippen LogP contribution is -2.37. The number of carbonyl (C=O) groups excluding carboxylic acids is 1. The molecule has 0 bridgehead atoms. The maximum atomic E-state index is 13.4. The number of amidine groups is 1. The fourth-order valence-electron chi connectivity index (χ4n) is 4.97. The molecule has 0 spiro atoms. The quantitative estimate of drug-likeness (QED) is 0.302. The van der Waals surface area contributed by atoms with E-state index >= 15 is 0 Å². The van der Waals surface area contributed by atoms with E-state index in [0.717, 1.165) is 42.4 Å². The molecule has 0 aliphatic carbocycles. The first kappa shape index (κ1) is 22.2. The summed E-state index contributed by atoms with van der Waals surface area (Å²) in [6, 6.07) is 22.2. The SMILES string of the molecule is CN1CCC(CNC(=O)c2cc3ccc(C(=N)N)cc3n2Cc2cccc3ccccc23)CC1. The maximum absolute atomic E-state index is 13.4. The number of hydrogen-bond donors (Lipinski definition) is 3. The summed E-state index contributed by atoms with van der Waals surface area (Å²) in [5.41, 5.74) is 9.13. The molecule has 1 aromatic heterocycles. The smallest absolute Gasteiger partial charge is 0.267 e. The maximum Gasteiger partial charge on any atom is 0.267 e. The van der Waals surface area contributed by atoms with Crippen LogP contribution in [0.5, 0.6) is 0 Å². The Morgan fingerprint density at radius 3 is 2.59 bits per heavy atom. The van der Waals surface area contributed by atoms with Crippen LogP contribution in [-0.4, -0.2) is 47.9 Å². The van der Waals surface area contributed by atoms with E-state index in [-0.39, 0.29) is 11.7 Å². The molecule has 0 atom stereocenters. The highest BCUT2D eigenvalue weighted by Crippen LogP contribution is 2.26. The molecule has 1 saturated heterocycles. The third-order valence-electron chi connectivity index (χ3n) is 7.05. The molecular weight excluding hydrogens is 422 g/mol. The zero-order valence-electron chi connectivity index (χ0n) is 19.6. The summed E-state index contributed by atoms with van der Waals surface area (Å²) < 4.78 is 2.06. The number of amides is 1. The molecule has 0 radical (unpaired) electrons. The lowest BCUT2D eigenvalue weighted by molar-refractivity contribution is 0.0930. The van der Waals surface area contributed by atoms with E-state index in [4.69, 9.17) is 11.1 Å². The Morgan fingerprint density at radius 1 is 1.03 bits per heavy atom. The van der Waals surface area contributed by atoms with Crippen LogP contribution in [0.1, 0.15) is 34.5 Å². The van der Waals surface area contributed by atoms with Gasteiger partial charge in [-0.3, -0.25) is 10.2 Å². The van der Waals surface area contributed by atoms with Gasteiger partial charge in [-0.1, -0.05) is 54.6 Å². The first-order valence-corrected chi connectivity index (χ1v) is 11.9. The van der Waals surface area contributed by atoms with Crippen LogP contribution < -0.4 is 11.1 Å². The molecule has 0 saturated carbocycles. The first-order valence-electron chi connectivity index (χ1n) is 11.9. The molecule has 5 rings (SSSR count). The van der Waals surface area contributed by atoms with Gasteiger partial charge in [0.15, 0.2) is 0 Å². The van der Waals surface area contributed by atoms with Gasteiger partial charge in [0.05, 0.1) is 0 Å². The minimum absolute atomic E-state index is 0.0214. The van der Waals surface area contributed by atoms with E-state index in [1.165, 1.54) is 10.8 Å². The third-order valence-corrected chi connectivity index (χ3v) is 7.05. The highest BCUT2D eigenvalue weighted by molar-refractivity contribution is 6.02. The van der Waals surface area contributed by atoms with Crippen LogP contribution in [0.3, 0.4) is 0 Å². The molecule has 6 nitrogen and oxygen atoms in total. The van der Waals surface area contributed by atoms with Crippen molar-refractivity contribution in [3.63, 3.8) is 0 Å². The molecule has 6 heteroatoms. The molecule has 1 fully saturated rings. The number of nitrogen functional groups attached to an aromatic ring is 1. The fourth-order valence-corrected chi connectivity index (χ4v) is 4.97. The first-order chi connectivity index (χ1) is 16.5. The number of piperidine rings is 1. The minimum atomic E-state index is -0.0558. The van der Waals surface area contributed by atoms with Gasteiger partial charge in [-0.05, 0) is 67.4 Å². The Balaban J connectivity index is 1.51. The summed E-state index contributed by atoms with van der Waals surface area (Å²) in [5.74, 6) is 0.480. The molecule has 174 valence electrons.